The van der Waals surface area contributed by atoms with Gasteiger partial charge >= 0.3 is 0 Å². The highest BCUT2D eigenvalue weighted by Crippen LogP contribution is 2.21. The molecule has 0 saturated carbocycles. The van der Waals surface area contributed by atoms with Crippen molar-refractivity contribution in [2.24, 2.45) is 0 Å². The first kappa shape index (κ1) is 14.3. The first-order valence-corrected chi connectivity index (χ1v) is 6.82. The second-order valence-corrected chi connectivity index (χ2v) is 5.17. The standard InChI is InChI=1S/C16H12BrNO2/c1-11-8-14(6-7-15(11)17)20-10-16(19)13-4-2-12(9-18)3-5-13/h2-8H,10H2,1H3. The van der Waals surface area contributed by atoms with Crippen molar-refractivity contribution in [1.29, 1.82) is 5.26 Å². The first-order valence-electron chi connectivity index (χ1n) is 6.02. The number of halogens is 1. The maximum atomic E-state index is 12.0. The Morgan fingerprint density at radius 3 is 2.55 bits per heavy atom. The summed E-state index contributed by atoms with van der Waals surface area (Å²) in [6.45, 7) is 1.94. The van der Waals surface area contributed by atoms with Gasteiger partial charge in [0.1, 0.15) is 5.75 Å². The Balaban J connectivity index is 2.01. The van der Waals surface area contributed by atoms with E-state index >= 15 is 0 Å². The molecule has 0 N–H and O–H groups in total. The average Bonchev–Trinajstić information content (AvgIpc) is 2.48. The van der Waals surface area contributed by atoms with Crippen LogP contribution in [-0.4, -0.2) is 12.4 Å². The molecule has 100 valence electrons. The molecule has 0 spiro atoms. The molecule has 0 aliphatic rings. The molecule has 0 saturated heterocycles. The Morgan fingerprint density at radius 2 is 1.95 bits per heavy atom. The van der Waals surface area contributed by atoms with Crippen molar-refractivity contribution in [2.75, 3.05) is 6.61 Å². The Hall–Kier alpha value is -2.12. The number of nitrogens with zero attached hydrogens (tertiary/aromatic N) is 1. The van der Waals surface area contributed by atoms with E-state index in [9.17, 15) is 4.79 Å². The summed E-state index contributed by atoms with van der Waals surface area (Å²) in [5, 5.41) is 8.70. The van der Waals surface area contributed by atoms with E-state index in [-0.39, 0.29) is 12.4 Å². The fourth-order valence-electron chi connectivity index (χ4n) is 1.67. The number of aryl methyl sites for hydroxylation is 1. The van der Waals surface area contributed by atoms with Crippen LogP contribution >= 0.6 is 15.9 Å². The Morgan fingerprint density at radius 1 is 1.25 bits per heavy atom. The highest BCUT2D eigenvalue weighted by molar-refractivity contribution is 9.10. The van der Waals surface area contributed by atoms with Gasteiger partial charge in [-0.1, -0.05) is 15.9 Å². The summed E-state index contributed by atoms with van der Waals surface area (Å²) in [4.78, 5) is 12.0. The zero-order valence-corrected chi connectivity index (χ0v) is 12.5. The van der Waals surface area contributed by atoms with Crippen LogP contribution in [0.5, 0.6) is 5.75 Å². The van der Waals surface area contributed by atoms with Crippen molar-refractivity contribution in [2.45, 2.75) is 6.92 Å². The number of hydrogen-bond acceptors (Lipinski definition) is 3. The van der Waals surface area contributed by atoms with Crippen molar-refractivity contribution in [3.63, 3.8) is 0 Å². The molecule has 0 radical (unpaired) electrons. The lowest BCUT2D eigenvalue weighted by Gasteiger charge is -2.07. The summed E-state index contributed by atoms with van der Waals surface area (Å²) >= 11 is 3.41. The van der Waals surface area contributed by atoms with Crippen LogP contribution in [0.15, 0.2) is 46.9 Å². The van der Waals surface area contributed by atoms with E-state index < -0.39 is 0 Å². The van der Waals surface area contributed by atoms with Gasteiger partial charge in [0, 0.05) is 10.0 Å². The van der Waals surface area contributed by atoms with E-state index in [1.165, 1.54) is 0 Å². The van der Waals surface area contributed by atoms with Gasteiger partial charge in [0.05, 0.1) is 11.6 Å². The quantitative estimate of drug-likeness (QED) is 0.799. The zero-order chi connectivity index (χ0) is 14.5. The normalized spacial score (nSPS) is 9.85. The molecule has 3 nitrogen and oxygen atoms in total. The molecule has 0 amide bonds. The number of hydrogen-bond donors (Lipinski definition) is 0. The van der Waals surface area contributed by atoms with Gasteiger partial charge < -0.3 is 4.74 Å². The maximum absolute atomic E-state index is 12.0. The van der Waals surface area contributed by atoms with E-state index in [2.05, 4.69) is 15.9 Å². The molecule has 0 fully saturated rings. The fraction of sp³-hybridized carbons (Fsp3) is 0.125. The third-order valence-corrected chi connectivity index (χ3v) is 3.73. The molecule has 0 atom stereocenters. The average molecular weight is 330 g/mol. The van der Waals surface area contributed by atoms with E-state index in [1.54, 1.807) is 24.3 Å². The summed E-state index contributed by atoms with van der Waals surface area (Å²) in [6, 6.07) is 14.1. The van der Waals surface area contributed by atoms with Gasteiger partial charge in [0.15, 0.2) is 12.4 Å². The lowest BCUT2D eigenvalue weighted by Crippen LogP contribution is -2.11. The number of Topliss-reactive ketones (excluding diaryl/α,β-unsaturated/α-hetero) is 1. The maximum Gasteiger partial charge on any atom is 0.200 e. The van der Waals surface area contributed by atoms with Crippen LogP contribution < -0.4 is 4.74 Å². The number of nitriles is 1. The van der Waals surface area contributed by atoms with Crippen molar-refractivity contribution < 1.29 is 9.53 Å². The van der Waals surface area contributed by atoms with Gasteiger partial charge in [-0.05, 0) is 55.0 Å². The number of ether oxygens (including phenoxy) is 1. The fourth-order valence-corrected chi connectivity index (χ4v) is 1.92. The minimum atomic E-state index is -0.116. The van der Waals surface area contributed by atoms with Crippen molar-refractivity contribution >= 4 is 21.7 Å². The zero-order valence-electron chi connectivity index (χ0n) is 10.9. The van der Waals surface area contributed by atoms with Gasteiger partial charge in [-0.2, -0.15) is 5.26 Å². The Kier molecular flexibility index (Phi) is 4.54. The molecule has 2 aromatic carbocycles. The lowest BCUT2D eigenvalue weighted by molar-refractivity contribution is 0.0921. The summed E-state index contributed by atoms with van der Waals surface area (Å²) in [5.41, 5.74) is 2.12. The van der Waals surface area contributed by atoms with Crippen molar-refractivity contribution in [3.05, 3.63) is 63.6 Å². The van der Waals surface area contributed by atoms with E-state index in [4.69, 9.17) is 10.00 Å². The molecule has 0 aromatic heterocycles. The lowest BCUT2D eigenvalue weighted by atomic mass is 10.1. The molecule has 2 rings (SSSR count). The molecular formula is C16H12BrNO2. The SMILES string of the molecule is Cc1cc(OCC(=O)c2ccc(C#N)cc2)ccc1Br. The van der Waals surface area contributed by atoms with Gasteiger partial charge in [0.2, 0.25) is 0 Å². The molecule has 4 heteroatoms. The molecule has 2 aromatic rings. The smallest absolute Gasteiger partial charge is 0.200 e. The molecule has 0 aliphatic heterocycles. The summed E-state index contributed by atoms with van der Waals surface area (Å²) < 4.78 is 6.48. The van der Waals surface area contributed by atoms with Crippen LogP contribution in [0.25, 0.3) is 0 Å². The topological polar surface area (TPSA) is 50.1 Å². The third-order valence-electron chi connectivity index (χ3n) is 2.84. The van der Waals surface area contributed by atoms with E-state index in [1.807, 2.05) is 31.2 Å². The molecule has 20 heavy (non-hydrogen) atoms. The van der Waals surface area contributed by atoms with Crippen LogP contribution in [-0.2, 0) is 0 Å². The van der Waals surface area contributed by atoms with Gasteiger partial charge in [-0.25, -0.2) is 0 Å². The Labute approximate surface area is 125 Å². The highest BCUT2D eigenvalue weighted by Gasteiger charge is 2.07. The minimum absolute atomic E-state index is 0.0209. The molecular weight excluding hydrogens is 318 g/mol. The van der Waals surface area contributed by atoms with Crippen molar-refractivity contribution in [3.8, 4) is 11.8 Å². The second-order valence-electron chi connectivity index (χ2n) is 4.31. The second kappa shape index (κ2) is 6.36. The van der Waals surface area contributed by atoms with Gasteiger partial charge in [0.25, 0.3) is 0 Å². The van der Waals surface area contributed by atoms with Gasteiger partial charge in [-0.15, -0.1) is 0 Å². The van der Waals surface area contributed by atoms with Gasteiger partial charge in [-0.3, -0.25) is 4.79 Å². The van der Waals surface area contributed by atoms with Crippen molar-refractivity contribution in [1.82, 2.24) is 0 Å². The number of carbonyl (C=O) groups is 1. The van der Waals surface area contributed by atoms with E-state index in [0.717, 1.165) is 10.0 Å². The molecule has 0 bridgehead atoms. The van der Waals surface area contributed by atoms with Crippen LogP contribution in [0.1, 0.15) is 21.5 Å². The predicted octanol–water partition coefficient (Wildman–Crippen LogP) is 3.89. The van der Waals surface area contributed by atoms with Crippen LogP contribution in [0.3, 0.4) is 0 Å². The number of benzene rings is 2. The number of rotatable bonds is 4. The monoisotopic (exact) mass is 329 g/mol. The van der Waals surface area contributed by atoms with Crippen LogP contribution in [0, 0.1) is 18.3 Å². The first-order chi connectivity index (χ1) is 9.60. The minimum Gasteiger partial charge on any atom is -0.485 e. The molecule has 0 aliphatic carbocycles. The Bertz CT molecular complexity index is 672. The molecule has 0 unspecified atom stereocenters. The number of carbonyl (C=O) groups excluding carboxylic acids is 1. The summed E-state index contributed by atoms with van der Waals surface area (Å²) in [6.07, 6.45) is 0. The number of ketones is 1. The molecule has 0 heterocycles. The predicted molar refractivity (Wildman–Crippen MR) is 79.9 cm³/mol. The van der Waals surface area contributed by atoms with E-state index in [0.29, 0.717) is 16.9 Å². The summed E-state index contributed by atoms with van der Waals surface area (Å²) in [5.74, 6) is 0.544. The highest BCUT2D eigenvalue weighted by atomic mass is 79.9. The third kappa shape index (κ3) is 3.46. The van der Waals surface area contributed by atoms with Crippen LogP contribution in [0.4, 0.5) is 0 Å². The summed E-state index contributed by atoms with van der Waals surface area (Å²) in [7, 11) is 0. The largest absolute Gasteiger partial charge is 0.485 e. The van der Waals surface area contributed by atoms with Crippen LogP contribution in [0.2, 0.25) is 0 Å².